The fourth-order valence-electron chi connectivity index (χ4n) is 3.17. The van der Waals surface area contributed by atoms with Crippen molar-refractivity contribution >= 4 is 27.7 Å². The van der Waals surface area contributed by atoms with Crippen LogP contribution in [0.25, 0.3) is 0 Å². The van der Waals surface area contributed by atoms with Crippen molar-refractivity contribution in [2.24, 2.45) is 11.8 Å². The molecule has 1 aliphatic rings. The van der Waals surface area contributed by atoms with Gasteiger partial charge >= 0.3 is 0 Å². The van der Waals surface area contributed by atoms with Gasteiger partial charge in [-0.25, -0.2) is 0 Å². The monoisotopic (exact) mass is 391 g/mol. The number of carbonyl (C=O) groups is 2. The summed E-state index contributed by atoms with van der Waals surface area (Å²) in [7, 11) is 0. The number of nitrogens with one attached hydrogen (secondary N) is 2. The average molecular weight is 392 g/mol. The zero-order valence-corrected chi connectivity index (χ0v) is 15.1. The summed E-state index contributed by atoms with van der Waals surface area (Å²) in [5.74, 6) is -0.336. The van der Waals surface area contributed by atoms with Crippen LogP contribution < -0.4 is 10.6 Å². The zero-order chi connectivity index (χ0) is 17.4. The van der Waals surface area contributed by atoms with Crippen LogP contribution in [0.15, 0.2) is 28.7 Å². The van der Waals surface area contributed by atoms with E-state index in [2.05, 4.69) is 26.6 Å². The summed E-state index contributed by atoms with van der Waals surface area (Å²) in [5, 5.41) is 14.2. The van der Waals surface area contributed by atoms with Crippen molar-refractivity contribution in [1.82, 2.24) is 10.6 Å². The van der Waals surface area contributed by atoms with Crippen LogP contribution in [-0.2, 0) is 4.79 Å². The number of carbonyl (C=O) groups excluding carboxylic acids is 2. The minimum absolute atomic E-state index is 0.00269. The van der Waals surface area contributed by atoms with Gasteiger partial charge in [0.25, 0.3) is 5.91 Å². The predicted octanol–water partition coefficient (Wildman–Crippen LogP) is 3.02. The maximum Gasteiger partial charge on any atom is 0.251 e. The molecule has 0 heterocycles. The molecule has 2 rings (SSSR count). The van der Waals surface area contributed by atoms with Crippen molar-refractivity contribution < 1.29 is 9.59 Å². The van der Waals surface area contributed by atoms with Crippen molar-refractivity contribution in [3.05, 3.63) is 34.3 Å². The number of hydrogen-bond acceptors (Lipinski definition) is 3. The van der Waals surface area contributed by atoms with Crippen LogP contribution in [0.4, 0.5) is 0 Å². The van der Waals surface area contributed by atoms with Gasteiger partial charge in [0.05, 0.1) is 12.0 Å². The highest BCUT2D eigenvalue weighted by molar-refractivity contribution is 9.10. The molecule has 2 N–H and O–H groups in total. The lowest BCUT2D eigenvalue weighted by atomic mass is 9.79. The molecule has 1 fully saturated rings. The van der Waals surface area contributed by atoms with Crippen molar-refractivity contribution in [3.63, 3.8) is 0 Å². The Morgan fingerprint density at radius 1 is 1.17 bits per heavy atom. The minimum Gasteiger partial charge on any atom is -0.351 e. The minimum atomic E-state index is -0.280. The first-order valence-electron chi connectivity index (χ1n) is 8.30. The zero-order valence-electron chi connectivity index (χ0n) is 13.6. The number of halogens is 1. The van der Waals surface area contributed by atoms with E-state index in [9.17, 15) is 9.59 Å². The molecule has 1 unspecified atom stereocenters. The molecule has 128 valence electrons. The van der Waals surface area contributed by atoms with Crippen LogP contribution in [-0.4, -0.2) is 24.9 Å². The van der Waals surface area contributed by atoms with E-state index in [1.165, 1.54) is 6.42 Å². The molecule has 1 aromatic rings. The molecule has 6 heteroatoms. The Morgan fingerprint density at radius 2 is 1.83 bits per heavy atom. The molecular weight excluding hydrogens is 370 g/mol. The van der Waals surface area contributed by atoms with E-state index in [0.717, 1.165) is 30.2 Å². The van der Waals surface area contributed by atoms with E-state index in [1.807, 2.05) is 18.2 Å². The fourth-order valence-corrected chi connectivity index (χ4v) is 3.44. The molecule has 24 heavy (non-hydrogen) atoms. The maximum atomic E-state index is 12.4. The first-order valence-corrected chi connectivity index (χ1v) is 9.09. The summed E-state index contributed by atoms with van der Waals surface area (Å²) in [6.45, 7) is 0.305. The Kier molecular flexibility index (Phi) is 7.26. The summed E-state index contributed by atoms with van der Waals surface area (Å²) in [6.07, 6.45) is 5.44. The smallest absolute Gasteiger partial charge is 0.251 e. The molecule has 0 spiro atoms. The SMILES string of the molecule is N#CCNC(=O)C(CNC(=O)c1ccc(Br)cc1)C1CCCCC1. The molecule has 1 atom stereocenters. The second-order valence-electron chi connectivity index (χ2n) is 6.10. The molecule has 0 aromatic heterocycles. The van der Waals surface area contributed by atoms with E-state index >= 15 is 0 Å². The molecule has 0 bridgehead atoms. The lowest BCUT2D eigenvalue weighted by Crippen LogP contribution is -2.43. The van der Waals surface area contributed by atoms with Crippen molar-refractivity contribution in [3.8, 4) is 6.07 Å². The Bertz CT molecular complexity index is 604. The van der Waals surface area contributed by atoms with Crippen molar-refractivity contribution in [2.45, 2.75) is 32.1 Å². The van der Waals surface area contributed by atoms with E-state index in [0.29, 0.717) is 12.1 Å². The van der Waals surface area contributed by atoms with E-state index in [1.54, 1.807) is 12.1 Å². The van der Waals surface area contributed by atoms with Gasteiger partial charge < -0.3 is 10.6 Å². The third-order valence-electron chi connectivity index (χ3n) is 4.49. The van der Waals surface area contributed by atoms with Gasteiger partial charge in [-0.3, -0.25) is 9.59 Å². The summed E-state index contributed by atoms with van der Waals surface area (Å²) in [4.78, 5) is 24.6. The van der Waals surface area contributed by atoms with Gasteiger partial charge in [-0.15, -0.1) is 0 Å². The van der Waals surface area contributed by atoms with Crippen LogP contribution in [0, 0.1) is 23.2 Å². The number of nitriles is 1. The Balaban J connectivity index is 1.98. The highest BCUT2D eigenvalue weighted by Crippen LogP contribution is 2.30. The molecule has 1 aliphatic carbocycles. The number of rotatable bonds is 6. The molecule has 1 saturated carbocycles. The van der Waals surface area contributed by atoms with Crippen LogP contribution in [0.3, 0.4) is 0 Å². The molecule has 5 nitrogen and oxygen atoms in total. The van der Waals surface area contributed by atoms with Crippen LogP contribution in [0.2, 0.25) is 0 Å². The predicted molar refractivity (Wildman–Crippen MR) is 95.2 cm³/mol. The first kappa shape index (κ1) is 18.5. The summed E-state index contributed by atoms with van der Waals surface area (Å²) >= 11 is 3.34. The van der Waals surface area contributed by atoms with Gasteiger partial charge in [0, 0.05) is 16.6 Å². The molecule has 0 aliphatic heterocycles. The van der Waals surface area contributed by atoms with Gasteiger partial charge in [-0.05, 0) is 43.0 Å². The highest BCUT2D eigenvalue weighted by Gasteiger charge is 2.29. The van der Waals surface area contributed by atoms with Crippen molar-refractivity contribution in [1.29, 1.82) is 5.26 Å². The quantitative estimate of drug-likeness (QED) is 0.731. The van der Waals surface area contributed by atoms with Crippen LogP contribution >= 0.6 is 15.9 Å². The second-order valence-corrected chi connectivity index (χ2v) is 7.01. The topological polar surface area (TPSA) is 82.0 Å². The maximum absolute atomic E-state index is 12.4. The summed E-state index contributed by atoms with van der Waals surface area (Å²) < 4.78 is 0.912. The van der Waals surface area contributed by atoms with E-state index in [4.69, 9.17) is 5.26 Å². The number of amides is 2. The molecule has 1 aromatic carbocycles. The van der Waals surface area contributed by atoms with Gasteiger partial charge in [0.2, 0.25) is 5.91 Å². The Hall–Kier alpha value is -1.87. The van der Waals surface area contributed by atoms with Gasteiger partial charge in [-0.1, -0.05) is 35.2 Å². The number of nitrogens with zero attached hydrogens (tertiary/aromatic N) is 1. The number of benzene rings is 1. The average Bonchev–Trinajstić information content (AvgIpc) is 2.61. The fraction of sp³-hybridized carbons (Fsp3) is 0.500. The van der Waals surface area contributed by atoms with Gasteiger partial charge in [0.15, 0.2) is 0 Å². The molecule has 0 radical (unpaired) electrons. The summed E-state index contributed by atoms with van der Waals surface area (Å²) in [6, 6.07) is 9.04. The van der Waals surface area contributed by atoms with Crippen LogP contribution in [0.1, 0.15) is 42.5 Å². The Labute approximate surface area is 150 Å². The Morgan fingerprint density at radius 3 is 2.46 bits per heavy atom. The van der Waals surface area contributed by atoms with Gasteiger partial charge in [-0.2, -0.15) is 5.26 Å². The number of hydrogen-bond donors (Lipinski definition) is 2. The molecule has 0 saturated heterocycles. The second kappa shape index (κ2) is 9.43. The largest absolute Gasteiger partial charge is 0.351 e. The highest BCUT2D eigenvalue weighted by atomic mass is 79.9. The van der Waals surface area contributed by atoms with Crippen LogP contribution in [0.5, 0.6) is 0 Å². The van der Waals surface area contributed by atoms with Gasteiger partial charge in [0.1, 0.15) is 6.54 Å². The lowest BCUT2D eigenvalue weighted by molar-refractivity contribution is -0.126. The van der Waals surface area contributed by atoms with E-state index < -0.39 is 0 Å². The molecular formula is C18H22BrN3O2. The third-order valence-corrected chi connectivity index (χ3v) is 5.01. The van der Waals surface area contributed by atoms with E-state index in [-0.39, 0.29) is 30.2 Å². The lowest BCUT2D eigenvalue weighted by Gasteiger charge is -2.29. The molecule has 2 amide bonds. The first-order chi connectivity index (χ1) is 11.6. The van der Waals surface area contributed by atoms with Crippen molar-refractivity contribution in [2.75, 3.05) is 13.1 Å². The third kappa shape index (κ3) is 5.34. The normalized spacial score (nSPS) is 16.0. The standard InChI is InChI=1S/C18H22BrN3O2/c19-15-8-6-14(7-9-15)17(23)22-12-16(18(24)21-11-10-20)13-4-2-1-3-5-13/h6-9,13,16H,1-5,11-12H2,(H,21,24)(H,22,23). The summed E-state index contributed by atoms with van der Waals surface area (Å²) in [5.41, 5.74) is 0.568.